The van der Waals surface area contributed by atoms with Crippen molar-refractivity contribution in [3.05, 3.63) is 222 Å². The average Bonchev–Trinajstić information content (AvgIpc) is 3.42. The zero-order valence-corrected chi connectivity index (χ0v) is 40.2. The van der Waals surface area contributed by atoms with Gasteiger partial charge in [0.15, 0.2) is 17.5 Å². The van der Waals surface area contributed by atoms with Gasteiger partial charge in [0.05, 0.1) is 0 Å². The lowest BCUT2D eigenvalue weighted by atomic mass is 9.39. The Kier molecular flexibility index (Phi) is 8.89. The third-order valence-electron chi connectivity index (χ3n) is 18.0. The molecule has 0 atom stereocenters. The second-order valence-corrected chi connectivity index (χ2v) is 21.9. The maximum atomic E-state index is 5.38. The normalized spacial score (nSPS) is 21.5. The quantitative estimate of drug-likeness (QED) is 0.162. The van der Waals surface area contributed by atoms with Crippen LogP contribution in [0.15, 0.2) is 200 Å². The topological polar surface area (TPSA) is 38.7 Å². The summed E-state index contributed by atoms with van der Waals surface area (Å²) in [5, 5.41) is 9.96. The Bertz CT molecular complexity index is 3930. The van der Waals surface area contributed by atoms with E-state index in [1.54, 1.807) is 11.1 Å². The summed E-state index contributed by atoms with van der Waals surface area (Å²) in [5.41, 5.74) is 14.0. The Hall–Kier alpha value is -7.75. The van der Waals surface area contributed by atoms with Gasteiger partial charge in [0.25, 0.3) is 0 Å². The van der Waals surface area contributed by atoms with E-state index in [-0.39, 0.29) is 10.8 Å². The molecule has 4 bridgehead atoms. The minimum atomic E-state index is -0.0810. The molecule has 0 radical (unpaired) electrons. The van der Waals surface area contributed by atoms with Crippen LogP contribution in [0.2, 0.25) is 0 Å². The number of aromatic nitrogens is 3. The first-order valence-corrected chi connectivity index (χ1v) is 25.9. The molecule has 0 unspecified atom stereocenters. The third-order valence-corrected chi connectivity index (χ3v) is 18.0. The van der Waals surface area contributed by atoms with E-state index in [2.05, 4.69) is 208 Å². The highest BCUT2D eigenvalue weighted by Crippen LogP contribution is 2.69. The van der Waals surface area contributed by atoms with Gasteiger partial charge in [-0.1, -0.05) is 190 Å². The SMILES string of the molecule is CC1(C)c2ccccc2C2(c3cc(-c4ccc(-c5nc(-c6ccccc6)nc(-c6cccc(-c7ccc8c9ccccc9c9ccccc9c8c7)c6)n5)c5ccccc45)ccc31)C1CC3CC(C1)CC2C3. The van der Waals surface area contributed by atoms with E-state index in [9.17, 15) is 0 Å². The van der Waals surface area contributed by atoms with Crippen LogP contribution in [0.25, 0.3) is 99.5 Å². The van der Waals surface area contributed by atoms with E-state index in [1.165, 1.54) is 92.1 Å². The molecule has 1 aromatic heterocycles. The van der Waals surface area contributed by atoms with Crippen molar-refractivity contribution in [2.75, 3.05) is 0 Å². The van der Waals surface area contributed by atoms with Gasteiger partial charge in [0, 0.05) is 27.5 Å². The number of fused-ring (bicyclic) bond motifs is 9. The van der Waals surface area contributed by atoms with Crippen molar-refractivity contribution in [2.24, 2.45) is 23.7 Å². The van der Waals surface area contributed by atoms with E-state index < -0.39 is 0 Å². The smallest absolute Gasteiger partial charge is 0.164 e. The summed E-state index contributed by atoms with van der Waals surface area (Å²) >= 11 is 0. The fraction of sp³-hybridized carbons (Fsp3) is 0.191. The summed E-state index contributed by atoms with van der Waals surface area (Å²) < 4.78 is 0. The van der Waals surface area contributed by atoms with Crippen molar-refractivity contribution in [1.29, 1.82) is 0 Å². The van der Waals surface area contributed by atoms with E-state index in [0.717, 1.165) is 45.0 Å². The molecule has 5 aliphatic rings. The fourth-order valence-electron chi connectivity index (χ4n) is 15.1. The Morgan fingerprint density at radius 3 is 1.48 bits per heavy atom. The van der Waals surface area contributed by atoms with Gasteiger partial charge < -0.3 is 0 Å². The molecule has 10 aromatic carbocycles. The molecule has 1 spiro atoms. The molecular formula is C68H53N3. The van der Waals surface area contributed by atoms with Gasteiger partial charge in [-0.05, 0) is 168 Å². The van der Waals surface area contributed by atoms with Crippen LogP contribution in [-0.4, -0.2) is 15.0 Å². The summed E-state index contributed by atoms with van der Waals surface area (Å²) in [6, 6.07) is 74.2. The zero-order valence-electron chi connectivity index (χ0n) is 40.2. The first kappa shape index (κ1) is 41.1. The summed E-state index contributed by atoms with van der Waals surface area (Å²) in [7, 11) is 0. The van der Waals surface area contributed by atoms with Crippen LogP contribution in [0.1, 0.15) is 68.2 Å². The molecule has 5 aliphatic carbocycles. The highest BCUT2D eigenvalue weighted by Gasteiger charge is 2.62. The maximum absolute atomic E-state index is 5.38. The lowest BCUT2D eigenvalue weighted by Gasteiger charge is -2.64. The molecule has 0 saturated heterocycles. The van der Waals surface area contributed by atoms with Crippen LogP contribution < -0.4 is 0 Å². The van der Waals surface area contributed by atoms with Gasteiger partial charge in [-0.15, -0.1) is 0 Å². The largest absolute Gasteiger partial charge is 0.208 e. The minimum Gasteiger partial charge on any atom is -0.208 e. The molecule has 4 fully saturated rings. The summed E-state index contributed by atoms with van der Waals surface area (Å²) in [4.78, 5) is 15.9. The Balaban J connectivity index is 0.869. The van der Waals surface area contributed by atoms with Crippen LogP contribution >= 0.6 is 0 Å². The molecular weight excluding hydrogens is 859 g/mol. The van der Waals surface area contributed by atoms with Crippen LogP contribution in [-0.2, 0) is 10.8 Å². The number of hydrogen-bond donors (Lipinski definition) is 0. The Morgan fingerprint density at radius 2 is 0.789 bits per heavy atom. The van der Waals surface area contributed by atoms with Crippen molar-refractivity contribution in [3.63, 3.8) is 0 Å². The molecule has 3 heteroatoms. The van der Waals surface area contributed by atoms with Gasteiger partial charge in [0.2, 0.25) is 0 Å². The predicted molar refractivity (Wildman–Crippen MR) is 293 cm³/mol. The number of nitrogens with zero attached hydrogens (tertiary/aromatic N) is 3. The molecule has 71 heavy (non-hydrogen) atoms. The second-order valence-electron chi connectivity index (χ2n) is 21.9. The highest BCUT2D eigenvalue weighted by molar-refractivity contribution is 6.25. The average molecular weight is 912 g/mol. The fourth-order valence-corrected chi connectivity index (χ4v) is 15.1. The van der Waals surface area contributed by atoms with Gasteiger partial charge in [-0.3, -0.25) is 0 Å². The van der Waals surface area contributed by atoms with Crippen molar-refractivity contribution >= 4 is 43.1 Å². The predicted octanol–water partition coefficient (Wildman–Crippen LogP) is 17.2. The zero-order chi connectivity index (χ0) is 47.0. The molecule has 11 aromatic rings. The molecule has 0 amide bonds. The molecule has 0 aliphatic heterocycles. The van der Waals surface area contributed by atoms with Crippen LogP contribution in [0.5, 0.6) is 0 Å². The first-order chi connectivity index (χ1) is 34.9. The summed E-state index contributed by atoms with van der Waals surface area (Å²) in [6.07, 6.45) is 6.91. The number of benzene rings is 10. The Morgan fingerprint density at radius 1 is 0.310 bits per heavy atom. The van der Waals surface area contributed by atoms with Crippen molar-refractivity contribution in [3.8, 4) is 56.4 Å². The van der Waals surface area contributed by atoms with Crippen LogP contribution in [0.4, 0.5) is 0 Å². The van der Waals surface area contributed by atoms with E-state index in [0.29, 0.717) is 29.3 Å². The number of hydrogen-bond acceptors (Lipinski definition) is 3. The Labute approximate surface area is 415 Å². The monoisotopic (exact) mass is 911 g/mol. The molecule has 0 N–H and O–H groups in total. The summed E-state index contributed by atoms with van der Waals surface area (Å²) in [6.45, 7) is 4.93. The molecule has 340 valence electrons. The summed E-state index contributed by atoms with van der Waals surface area (Å²) in [5.74, 6) is 5.14. The second kappa shape index (κ2) is 15.4. The van der Waals surface area contributed by atoms with E-state index in [1.807, 2.05) is 6.07 Å². The van der Waals surface area contributed by atoms with E-state index >= 15 is 0 Å². The lowest BCUT2D eigenvalue weighted by Crippen LogP contribution is -2.58. The van der Waals surface area contributed by atoms with Crippen molar-refractivity contribution in [1.82, 2.24) is 15.0 Å². The van der Waals surface area contributed by atoms with Gasteiger partial charge in [-0.2, -0.15) is 0 Å². The van der Waals surface area contributed by atoms with Gasteiger partial charge in [0.1, 0.15) is 0 Å². The van der Waals surface area contributed by atoms with Crippen LogP contribution in [0, 0.1) is 23.7 Å². The third kappa shape index (κ3) is 6.05. The molecule has 16 rings (SSSR count). The highest BCUT2D eigenvalue weighted by atomic mass is 15.0. The van der Waals surface area contributed by atoms with Gasteiger partial charge >= 0.3 is 0 Å². The molecule has 4 saturated carbocycles. The maximum Gasteiger partial charge on any atom is 0.164 e. The van der Waals surface area contributed by atoms with Crippen molar-refractivity contribution in [2.45, 2.75) is 56.8 Å². The standard InChI is InChI=1S/C68H53N3/c1-67(2)60-25-12-13-26-62(60)68(48-34-41-33-42(36-48)37-49(68)35-41)63-40-46(28-32-61(63)67)50-30-31-58(55-23-10-6-19-51(50)55)66-70-64(43-15-4-3-5-16-43)69-65(71-66)47-18-14-17-44(38-47)45-27-29-57-54-22-8-7-20-52(54)53-21-9-11-24-56(53)59(57)39-45/h3-32,38-42,48-49H,33-37H2,1-2H3. The number of rotatable bonds is 5. The molecule has 1 heterocycles. The van der Waals surface area contributed by atoms with E-state index in [4.69, 9.17) is 15.0 Å². The lowest BCUT2D eigenvalue weighted by molar-refractivity contribution is -0.0443. The molecule has 3 nitrogen and oxygen atoms in total. The van der Waals surface area contributed by atoms with Crippen molar-refractivity contribution < 1.29 is 0 Å². The first-order valence-electron chi connectivity index (χ1n) is 25.9. The van der Waals surface area contributed by atoms with Crippen LogP contribution in [0.3, 0.4) is 0 Å². The van der Waals surface area contributed by atoms with Gasteiger partial charge in [-0.25, -0.2) is 15.0 Å². The minimum absolute atomic E-state index is 0.0601.